The van der Waals surface area contributed by atoms with Crippen LogP contribution >= 0.6 is 0 Å². The number of aliphatic hydroxyl groups is 1. The lowest BCUT2D eigenvalue weighted by Gasteiger charge is -2.00. The Morgan fingerprint density at radius 1 is 1.45 bits per heavy atom. The van der Waals surface area contributed by atoms with Crippen LogP contribution in [0.25, 0.3) is 0 Å². The fraction of sp³-hybridized carbons (Fsp3) is 1.00. The molecule has 0 heterocycles. The SMILES string of the molecule is CCCCCCC(O)[N+](=O)[O-]. The first-order valence-electron chi connectivity index (χ1n) is 4.00. The molecule has 0 aliphatic carbocycles. The fourth-order valence-electron chi connectivity index (χ4n) is 0.859. The van der Waals surface area contributed by atoms with Crippen molar-refractivity contribution in [1.29, 1.82) is 0 Å². The van der Waals surface area contributed by atoms with E-state index < -0.39 is 11.2 Å². The number of hydrogen-bond acceptors (Lipinski definition) is 3. The molecule has 1 N–H and O–H groups in total. The third-order valence-corrected chi connectivity index (χ3v) is 1.56. The lowest BCUT2D eigenvalue weighted by molar-refractivity contribution is -0.571. The van der Waals surface area contributed by atoms with Crippen molar-refractivity contribution in [3.05, 3.63) is 10.1 Å². The van der Waals surface area contributed by atoms with Crippen molar-refractivity contribution in [2.24, 2.45) is 0 Å². The quantitative estimate of drug-likeness (QED) is 0.278. The Kier molecular flexibility index (Phi) is 5.74. The molecule has 0 fully saturated rings. The van der Waals surface area contributed by atoms with Crippen molar-refractivity contribution in [2.45, 2.75) is 45.3 Å². The molecular weight excluding hydrogens is 146 g/mol. The highest BCUT2D eigenvalue weighted by molar-refractivity contribution is 4.43. The van der Waals surface area contributed by atoms with E-state index in [9.17, 15) is 10.1 Å². The van der Waals surface area contributed by atoms with E-state index in [1.54, 1.807) is 0 Å². The second-order valence-electron chi connectivity index (χ2n) is 2.62. The molecule has 1 atom stereocenters. The van der Waals surface area contributed by atoms with Gasteiger partial charge in [0.1, 0.15) is 0 Å². The molecule has 0 aromatic heterocycles. The minimum Gasteiger partial charge on any atom is -0.333 e. The van der Waals surface area contributed by atoms with Crippen LogP contribution in [0.5, 0.6) is 0 Å². The molecule has 4 heteroatoms. The van der Waals surface area contributed by atoms with Crippen LogP contribution in [0, 0.1) is 10.1 Å². The van der Waals surface area contributed by atoms with E-state index in [0.29, 0.717) is 0 Å². The molecule has 0 aliphatic heterocycles. The van der Waals surface area contributed by atoms with Crippen molar-refractivity contribution >= 4 is 0 Å². The van der Waals surface area contributed by atoms with Crippen molar-refractivity contribution in [2.75, 3.05) is 0 Å². The van der Waals surface area contributed by atoms with Crippen LogP contribution in [0.1, 0.15) is 39.0 Å². The van der Waals surface area contributed by atoms with Gasteiger partial charge in [-0.15, -0.1) is 0 Å². The molecule has 0 saturated heterocycles. The average Bonchev–Trinajstić information content (AvgIpc) is 1.97. The predicted octanol–water partition coefficient (Wildman–Crippen LogP) is 1.55. The van der Waals surface area contributed by atoms with Gasteiger partial charge in [0.05, 0.1) is 4.92 Å². The summed E-state index contributed by atoms with van der Waals surface area (Å²) in [7, 11) is 0. The molecular formula is C7H15NO3. The number of aliphatic hydroxyl groups excluding tert-OH is 1. The van der Waals surface area contributed by atoms with Gasteiger partial charge in [-0.3, -0.25) is 10.1 Å². The summed E-state index contributed by atoms with van der Waals surface area (Å²) in [4.78, 5) is 9.27. The maximum atomic E-state index is 9.92. The van der Waals surface area contributed by atoms with Crippen molar-refractivity contribution in [3.8, 4) is 0 Å². The number of nitrogens with zero attached hydrogens (tertiary/aromatic N) is 1. The molecule has 1 unspecified atom stereocenters. The van der Waals surface area contributed by atoms with Crippen LogP contribution in [-0.4, -0.2) is 16.3 Å². The summed E-state index contributed by atoms with van der Waals surface area (Å²) in [5, 5.41) is 18.6. The molecule has 0 radical (unpaired) electrons. The Hall–Kier alpha value is -0.640. The highest BCUT2D eigenvalue weighted by atomic mass is 16.7. The van der Waals surface area contributed by atoms with E-state index in [-0.39, 0.29) is 6.42 Å². The standard InChI is InChI=1S/C7H15NO3/c1-2-3-4-5-6-7(9)8(10)11/h7,9H,2-6H2,1H3. The van der Waals surface area contributed by atoms with E-state index in [1.807, 2.05) is 0 Å². The minimum absolute atomic E-state index is 0.285. The summed E-state index contributed by atoms with van der Waals surface area (Å²) < 4.78 is 0. The number of hydrogen-bond donors (Lipinski definition) is 1. The maximum Gasteiger partial charge on any atom is 0.312 e. The largest absolute Gasteiger partial charge is 0.333 e. The second-order valence-corrected chi connectivity index (χ2v) is 2.62. The molecule has 0 aromatic rings. The Morgan fingerprint density at radius 3 is 2.55 bits per heavy atom. The molecule has 11 heavy (non-hydrogen) atoms. The molecule has 66 valence electrons. The van der Waals surface area contributed by atoms with Gasteiger partial charge in [0.25, 0.3) is 0 Å². The van der Waals surface area contributed by atoms with Gasteiger partial charge < -0.3 is 5.11 Å². The second kappa shape index (κ2) is 6.09. The molecule has 0 rings (SSSR count). The summed E-state index contributed by atoms with van der Waals surface area (Å²) in [5.41, 5.74) is 0. The normalized spacial score (nSPS) is 12.9. The Bertz CT molecular complexity index is 116. The van der Waals surface area contributed by atoms with Crippen LogP contribution in [0.3, 0.4) is 0 Å². The first-order chi connectivity index (χ1) is 5.18. The number of nitro groups is 1. The first-order valence-corrected chi connectivity index (χ1v) is 4.00. The summed E-state index contributed by atoms with van der Waals surface area (Å²) >= 11 is 0. The molecule has 0 aromatic carbocycles. The maximum absolute atomic E-state index is 9.92. The van der Waals surface area contributed by atoms with Crippen LogP contribution in [0.2, 0.25) is 0 Å². The van der Waals surface area contributed by atoms with Crippen molar-refractivity contribution in [1.82, 2.24) is 0 Å². The van der Waals surface area contributed by atoms with Crippen LogP contribution in [-0.2, 0) is 0 Å². The van der Waals surface area contributed by atoms with Crippen LogP contribution < -0.4 is 0 Å². The summed E-state index contributed by atoms with van der Waals surface area (Å²) in [6.07, 6.45) is 2.84. The third-order valence-electron chi connectivity index (χ3n) is 1.56. The minimum atomic E-state index is -1.35. The molecule has 0 aliphatic rings. The van der Waals surface area contributed by atoms with Crippen molar-refractivity contribution in [3.63, 3.8) is 0 Å². The Morgan fingerprint density at radius 2 is 2.09 bits per heavy atom. The summed E-state index contributed by atoms with van der Waals surface area (Å²) in [6, 6.07) is 0. The van der Waals surface area contributed by atoms with Gasteiger partial charge in [0.15, 0.2) is 0 Å². The van der Waals surface area contributed by atoms with Crippen LogP contribution in [0.15, 0.2) is 0 Å². The van der Waals surface area contributed by atoms with Gasteiger partial charge in [-0.2, -0.15) is 0 Å². The van der Waals surface area contributed by atoms with E-state index in [1.165, 1.54) is 0 Å². The molecule has 4 nitrogen and oxygen atoms in total. The predicted molar refractivity (Wildman–Crippen MR) is 41.8 cm³/mol. The van der Waals surface area contributed by atoms with E-state index >= 15 is 0 Å². The van der Waals surface area contributed by atoms with Crippen molar-refractivity contribution < 1.29 is 10.0 Å². The Labute approximate surface area is 66.4 Å². The molecule has 0 spiro atoms. The smallest absolute Gasteiger partial charge is 0.312 e. The van der Waals surface area contributed by atoms with E-state index in [0.717, 1.165) is 25.7 Å². The van der Waals surface area contributed by atoms with Gasteiger partial charge >= 0.3 is 6.23 Å². The van der Waals surface area contributed by atoms with Gasteiger partial charge in [-0.1, -0.05) is 26.2 Å². The zero-order chi connectivity index (χ0) is 8.69. The van der Waals surface area contributed by atoms with Gasteiger partial charge in [0.2, 0.25) is 0 Å². The van der Waals surface area contributed by atoms with Gasteiger partial charge in [0, 0.05) is 6.42 Å². The van der Waals surface area contributed by atoms with Gasteiger partial charge in [-0.05, 0) is 6.42 Å². The summed E-state index contributed by atoms with van der Waals surface area (Å²) in [5.74, 6) is 0. The van der Waals surface area contributed by atoms with Crippen LogP contribution in [0.4, 0.5) is 0 Å². The summed E-state index contributed by atoms with van der Waals surface area (Å²) in [6.45, 7) is 2.07. The fourth-order valence-corrected chi connectivity index (χ4v) is 0.859. The van der Waals surface area contributed by atoms with E-state index in [2.05, 4.69) is 6.92 Å². The Balaban J connectivity index is 3.17. The highest BCUT2D eigenvalue weighted by Gasteiger charge is 2.12. The first kappa shape index (κ1) is 10.4. The average molecular weight is 161 g/mol. The number of rotatable bonds is 6. The zero-order valence-corrected chi connectivity index (χ0v) is 6.82. The van der Waals surface area contributed by atoms with E-state index in [4.69, 9.17) is 5.11 Å². The van der Waals surface area contributed by atoms with Gasteiger partial charge in [-0.25, -0.2) is 0 Å². The zero-order valence-electron chi connectivity index (χ0n) is 6.82. The lowest BCUT2D eigenvalue weighted by Crippen LogP contribution is -2.17. The third kappa shape index (κ3) is 5.79. The lowest BCUT2D eigenvalue weighted by atomic mass is 10.1. The highest BCUT2D eigenvalue weighted by Crippen LogP contribution is 2.05. The number of unbranched alkanes of at least 4 members (excludes halogenated alkanes) is 3. The molecule has 0 amide bonds. The topological polar surface area (TPSA) is 63.4 Å². The monoisotopic (exact) mass is 161 g/mol. The molecule has 0 saturated carbocycles. The molecule has 0 bridgehead atoms.